The Hall–Kier alpha value is -3.12. The maximum absolute atomic E-state index is 13.2. The number of hydrogen-bond acceptors (Lipinski definition) is 6. The first-order valence-electron chi connectivity index (χ1n) is 11.1. The summed E-state index contributed by atoms with van der Waals surface area (Å²) in [5.41, 5.74) is -0.207. The van der Waals surface area contributed by atoms with E-state index in [1.165, 1.54) is 0 Å². The summed E-state index contributed by atoms with van der Waals surface area (Å²) in [6, 6.07) is 5.24. The summed E-state index contributed by atoms with van der Waals surface area (Å²) in [4.78, 5) is 49.8. The molecular formula is C23H31F2N3O7. The van der Waals surface area contributed by atoms with Crippen LogP contribution in [-0.2, 0) is 30.3 Å². The number of rotatable bonds is 14. The minimum absolute atomic E-state index is 0.0817. The van der Waals surface area contributed by atoms with Crippen molar-refractivity contribution in [2.24, 2.45) is 5.92 Å². The van der Waals surface area contributed by atoms with Gasteiger partial charge in [-0.2, -0.15) is 8.78 Å². The zero-order chi connectivity index (χ0) is 26.2. The molecule has 4 atom stereocenters. The van der Waals surface area contributed by atoms with Gasteiger partial charge in [0.1, 0.15) is 17.7 Å². The van der Waals surface area contributed by atoms with Crippen LogP contribution in [0.2, 0.25) is 0 Å². The number of carbonyl (C=O) groups excluding carboxylic acids is 3. The molecule has 1 aromatic carbocycles. The van der Waals surface area contributed by atoms with Gasteiger partial charge >= 0.3 is 12.7 Å². The first-order chi connectivity index (χ1) is 16.4. The second kappa shape index (κ2) is 12.5. The summed E-state index contributed by atoms with van der Waals surface area (Å²) in [5, 5.41) is 15.8. The van der Waals surface area contributed by atoms with Gasteiger partial charge in [-0.05, 0) is 31.2 Å². The Labute approximate surface area is 201 Å². The highest BCUT2D eigenvalue weighted by Crippen LogP contribution is 2.29. The topological polar surface area (TPSA) is 146 Å². The molecule has 35 heavy (non-hydrogen) atoms. The number of halogens is 2. The lowest BCUT2D eigenvalue weighted by Gasteiger charge is -2.26. The number of benzene rings is 1. The van der Waals surface area contributed by atoms with Gasteiger partial charge < -0.3 is 30.5 Å². The number of ether oxygens (including phenoxy) is 2. The Balaban J connectivity index is 2.17. The van der Waals surface area contributed by atoms with Gasteiger partial charge in [-0.3, -0.25) is 14.4 Å². The van der Waals surface area contributed by atoms with Crippen molar-refractivity contribution in [2.45, 2.75) is 64.0 Å². The Morgan fingerprint density at radius 2 is 1.60 bits per heavy atom. The molecule has 0 radical (unpaired) electrons. The smallest absolute Gasteiger partial charge is 0.405 e. The molecule has 0 unspecified atom stereocenters. The number of hydrogen-bond donors (Lipinski definition) is 4. The van der Waals surface area contributed by atoms with E-state index in [2.05, 4.69) is 15.4 Å². The Bertz CT molecular complexity index is 894. The first kappa shape index (κ1) is 28.1. The lowest BCUT2D eigenvalue weighted by molar-refractivity contribution is -0.145. The third kappa shape index (κ3) is 9.21. The Kier molecular flexibility index (Phi) is 10.1. The highest BCUT2D eigenvalue weighted by molar-refractivity contribution is 5.98. The number of alkyl halides is 2. The fourth-order valence-corrected chi connectivity index (χ4v) is 3.43. The van der Waals surface area contributed by atoms with Crippen LogP contribution in [-0.4, -0.2) is 72.3 Å². The van der Waals surface area contributed by atoms with Crippen molar-refractivity contribution in [3.63, 3.8) is 0 Å². The Morgan fingerprint density at radius 1 is 1.03 bits per heavy atom. The molecule has 0 aromatic heterocycles. The quantitative estimate of drug-likeness (QED) is 0.284. The zero-order valence-electron chi connectivity index (χ0n) is 19.8. The summed E-state index contributed by atoms with van der Waals surface area (Å²) in [6.07, 6.45) is -1.29. The summed E-state index contributed by atoms with van der Waals surface area (Å²) in [5.74, 6) is -2.09. The van der Waals surface area contributed by atoms with Crippen molar-refractivity contribution < 1.29 is 42.5 Å². The second-order valence-corrected chi connectivity index (χ2v) is 8.92. The molecule has 0 spiro atoms. The summed E-state index contributed by atoms with van der Waals surface area (Å²) in [6.45, 7) is 1.29. The van der Waals surface area contributed by atoms with E-state index in [0.29, 0.717) is 0 Å². The van der Waals surface area contributed by atoms with Crippen LogP contribution >= 0.6 is 0 Å². The molecule has 3 amide bonds. The van der Waals surface area contributed by atoms with Gasteiger partial charge in [-0.25, -0.2) is 4.79 Å². The molecule has 1 heterocycles. The average molecular weight is 500 g/mol. The number of Topliss-reactive ketones (excluding diaryl/α,β-unsaturated/α-hetero) is 1. The van der Waals surface area contributed by atoms with Crippen molar-refractivity contribution in [2.75, 3.05) is 13.2 Å². The predicted octanol–water partition coefficient (Wildman–Crippen LogP) is 1.48. The van der Waals surface area contributed by atoms with Crippen LogP contribution in [0.3, 0.4) is 0 Å². The van der Waals surface area contributed by atoms with Crippen molar-refractivity contribution in [3.8, 4) is 0 Å². The van der Waals surface area contributed by atoms with E-state index < -0.39 is 54.9 Å². The van der Waals surface area contributed by atoms with Gasteiger partial charge in [-0.1, -0.05) is 44.2 Å². The van der Waals surface area contributed by atoms with E-state index in [0.717, 1.165) is 5.56 Å². The van der Waals surface area contributed by atoms with E-state index in [1.807, 2.05) is 6.07 Å². The van der Waals surface area contributed by atoms with Crippen molar-refractivity contribution >= 4 is 23.7 Å². The number of nitrogens with one attached hydrogen (secondary N) is 3. The monoisotopic (exact) mass is 499 g/mol. The lowest BCUT2D eigenvalue weighted by atomic mass is 9.94. The van der Waals surface area contributed by atoms with Crippen LogP contribution in [0.5, 0.6) is 0 Å². The van der Waals surface area contributed by atoms with Gasteiger partial charge in [0.15, 0.2) is 5.78 Å². The highest BCUT2D eigenvalue weighted by Gasteiger charge is 2.50. The van der Waals surface area contributed by atoms with Gasteiger partial charge in [0, 0.05) is 0 Å². The first-order valence-corrected chi connectivity index (χ1v) is 11.1. The number of amides is 3. The minimum Gasteiger partial charge on any atom is -0.465 e. The van der Waals surface area contributed by atoms with Gasteiger partial charge in [0.25, 0.3) is 0 Å². The lowest BCUT2D eigenvalue weighted by Crippen LogP contribution is -2.58. The van der Waals surface area contributed by atoms with Crippen LogP contribution in [0, 0.1) is 5.92 Å². The van der Waals surface area contributed by atoms with Crippen LogP contribution < -0.4 is 16.0 Å². The van der Waals surface area contributed by atoms with Crippen LogP contribution in [0.25, 0.3) is 0 Å². The van der Waals surface area contributed by atoms with Crippen LogP contribution in [0.1, 0.15) is 32.8 Å². The fourth-order valence-electron chi connectivity index (χ4n) is 3.43. The van der Waals surface area contributed by atoms with Crippen LogP contribution in [0.15, 0.2) is 30.3 Å². The maximum atomic E-state index is 13.2. The van der Waals surface area contributed by atoms with E-state index >= 15 is 0 Å². The maximum Gasteiger partial charge on any atom is 0.405 e. The van der Waals surface area contributed by atoms with Crippen molar-refractivity contribution in [3.05, 3.63) is 35.9 Å². The molecule has 194 valence electrons. The third-order valence-corrected chi connectivity index (χ3v) is 5.36. The SMILES string of the molecule is CC(C)C[C@H](NC(=O)[C@H](COC(F)F)NC(=O)O)C(=O)N[C@@H](Cc1ccccc1)C(=O)[C@@]1(C)CO1. The van der Waals surface area contributed by atoms with E-state index in [4.69, 9.17) is 9.84 Å². The molecular weight excluding hydrogens is 468 g/mol. The van der Waals surface area contributed by atoms with Gasteiger partial charge in [0.2, 0.25) is 11.8 Å². The molecule has 1 aliphatic rings. The molecule has 10 nitrogen and oxygen atoms in total. The number of ketones is 1. The molecule has 1 saturated heterocycles. The molecule has 0 bridgehead atoms. The minimum atomic E-state index is -3.22. The third-order valence-electron chi connectivity index (χ3n) is 5.36. The molecule has 4 N–H and O–H groups in total. The normalized spacial score (nSPS) is 19.5. The predicted molar refractivity (Wildman–Crippen MR) is 120 cm³/mol. The van der Waals surface area contributed by atoms with E-state index in [-0.39, 0.29) is 31.1 Å². The number of carbonyl (C=O) groups is 4. The molecule has 1 aliphatic heterocycles. The fraction of sp³-hybridized carbons (Fsp3) is 0.565. The highest BCUT2D eigenvalue weighted by atomic mass is 19.3. The zero-order valence-corrected chi connectivity index (χ0v) is 19.8. The van der Waals surface area contributed by atoms with Gasteiger partial charge in [-0.15, -0.1) is 0 Å². The van der Waals surface area contributed by atoms with Crippen molar-refractivity contribution in [1.29, 1.82) is 0 Å². The molecule has 2 rings (SSSR count). The number of epoxide rings is 1. The Morgan fingerprint density at radius 3 is 2.11 bits per heavy atom. The molecule has 12 heteroatoms. The summed E-state index contributed by atoms with van der Waals surface area (Å²) < 4.78 is 34.2. The average Bonchev–Trinajstić information content (AvgIpc) is 3.53. The number of carboxylic acid groups (broad SMARTS) is 1. The molecule has 0 aliphatic carbocycles. The van der Waals surface area contributed by atoms with E-state index in [9.17, 15) is 28.0 Å². The van der Waals surface area contributed by atoms with Gasteiger partial charge in [0.05, 0.1) is 19.3 Å². The van der Waals surface area contributed by atoms with E-state index in [1.54, 1.807) is 50.4 Å². The second-order valence-electron chi connectivity index (χ2n) is 8.92. The standard InChI is InChI=1S/C23H31F2N3O7/c1-13(2)9-16(27-20(31)17(28-22(32)33)11-34-21(24)25)19(30)26-15(18(29)23(3)12-35-23)10-14-7-5-4-6-8-14/h4-8,13,15-17,21,28H,9-12H2,1-3H3,(H,26,30)(H,27,31)(H,32,33)/t15-,16-,17-,23+/m0/s1. The molecule has 0 saturated carbocycles. The molecule has 1 fully saturated rings. The molecule has 1 aromatic rings. The van der Waals surface area contributed by atoms with Crippen LogP contribution in [0.4, 0.5) is 13.6 Å². The summed E-state index contributed by atoms with van der Waals surface area (Å²) >= 11 is 0. The summed E-state index contributed by atoms with van der Waals surface area (Å²) in [7, 11) is 0. The van der Waals surface area contributed by atoms with Crippen molar-refractivity contribution in [1.82, 2.24) is 16.0 Å². The largest absolute Gasteiger partial charge is 0.465 e.